The van der Waals surface area contributed by atoms with Crippen LogP contribution in [0.15, 0.2) is 23.1 Å². The summed E-state index contributed by atoms with van der Waals surface area (Å²) in [7, 11) is -2.05. The topological polar surface area (TPSA) is 58.6 Å². The summed E-state index contributed by atoms with van der Waals surface area (Å²) in [6.45, 7) is -1.77. The molecule has 1 saturated heterocycles. The van der Waals surface area contributed by atoms with Crippen molar-refractivity contribution in [3.63, 3.8) is 0 Å². The molecule has 5 nitrogen and oxygen atoms in total. The van der Waals surface area contributed by atoms with Crippen LogP contribution < -0.4 is 10.1 Å². The number of hydrogen-bond acceptors (Lipinski definition) is 4. The molecule has 0 radical (unpaired) electrons. The number of nitrogens with one attached hydrogen (secondary N) is 1. The molecule has 1 aliphatic heterocycles. The highest BCUT2D eigenvalue weighted by atomic mass is 35.5. The van der Waals surface area contributed by atoms with Crippen molar-refractivity contribution in [3.05, 3.63) is 24.0 Å². The van der Waals surface area contributed by atoms with E-state index in [-0.39, 0.29) is 23.2 Å². The minimum Gasteiger partial charge on any atom is -0.432 e. The van der Waals surface area contributed by atoms with Gasteiger partial charge in [0.05, 0.1) is 4.90 Å². The van der Waals surface area contributed by atoms with Crippen molar-refractivity contribution in [2.75, 3.05) is 26.7 Å². The Kier molecular flexibility index (Phi) is 7.12. The van der Waals surface area contributed by atoms with Gasteiger partial charge in [0.2, 0.25) is 10.0 Å². The highest BCUT2D eigenvalue weighted by Gasteiger charge is 2.32. The zero-order valence-corrected chi connectivity index (χ0v) is 14.0. The molecule has 10 heteroatoms. The normalized spacial score (nSPS) is 18.9. The van der Waals surface area contributed by atoms with Gasteiger partial charge in [-0.25, -0.2) is 12.8 Å². The van der Waals surface area contributed by atoms with Gasteiger partial charge in [0.1, 0.15) is 0 Å². The van der Waals surface area contributed by atoms with Crippen LogP contribution in [0, 0.1) is 11.7 Å². The zero-order valence-electron chi connectivity index (χ0n) is 12.3. The third kappa shape index (κ3) is 4.72. The fraction of sp³-hybridized carbons (Fsp3) is 0.538. The summed E-state index contributed by atoms with van der Waals surface area (Å²) in [6.07, 6.45) is 0.717. The van der Waals surface area contributed by atoms with Crippen molar-refractivity contribution < 1.29 is 26.3 Å². The summed E-state index contributed by atoms with van der Waals surface area (Å²) in [5.41, 5.74) is 0. The maximum Gasteiger partial charge on any atom is 0.387 e. The fourth-order valence-corrected chi connectivity index (χ4v) is 4.00. The molecule has 1 atom stereocenters. The summed E-state index contributed by atoms with van der Waals surface area (Å²) in [4.78, 5) is -0.267. The molecule has 23 heavy (non-hydrogen) atoms. The SMILES string of the molecule is CNCC1CCN(S(=O)(=O)c2ccc(OC(F)F)c(F)c2)C1.Cl. The molecule has 132 valence electrons. The van der Waals surface area contributed by atoms with Gasteiger partial charge >= 0.3 is 6.61 Å². The highest BCUT2D eigenvalue weighted by Crippen LogP contribution is 2.27. The molecule has 1 heterocycles. The Morgan fingerprint density at radius 2 is 2.13 bits per heavy atom. The van der Waals surface area contributed by atoms with Crippen molar-refractivity contribution in [1.82, 2.24) is 9.62 Å². The first kappa shape index (κ1) is 20.0. The van der Waals surface area contributed by atoms with Crippen LogP contribution in [-0.4, -0.2) is 46.0 Å². The molecule has 1 aliphatic rings. The maximum absolute atomic E-state index is 13.7. The van der Waals surface area contributed by atoms with Crippen LogP contribution in [0.3, 0.4) is 0 Å². The summed E-state index contributed by atoms with van der Waals surface area (Å²) in [6, 6.07) is 2.68. The second kappa shape index (κ2) is 8.18. The predicted molar refractivity (Wildman–Crippen MR) is 81.1 cm³/mol. The van der Waals surface area contributed by atoms with Gasteiger partial charge in [0, 0.05) is 13.1 Å². The molecule has 1 fully saturated rings. The van der Waals surface area contributed by atoms with Crippen molar-refractivity contribution in [3.8, 4) is 5.75 Å². The van der Waals surface area contributed by atoms with Crippen molar-refractivity contribution >= 4 is 22.4 Å². The summed E-state index contributed by atoms with van der Waals surface area (Å²) in [5, 5.41) is 2.99. The lowest BCUT2D eigenvalue weighted by molar-refractivity contribution is -0.0522. The van der Waals surface area contributed by atoms with Crippen LogP contribution in [0.25, 0.3) is 0 Å². The molecule has 0 aliphatic carbocycles. The lowest BCUT2D eigenvalue weighted by Crippen LogP contribution is -2.30. The average Bonchev–Trinajstić information content (AvgIpc) is 2.90. The molecule has 0 spiro atoms. The molecular weight excluding hydrogens is 357 g/mol. The minimum atomic E-state index is -3.84. The van der Waals surface area contributed by atoms with Crippen LogP contribution in [0.1, 0.15) is 6.42 Å². The first-order chi connectivity index (χ1) is 10.3. The number of nitrogens with zero attached hydrogens (tertiary/aromatic N) is 1. The van der Waals surface area contributed by atoms with Crippen LogP contribution in [0.2, 0.25) is 0 Å². The molecule has 2 rings (SSSR count). The van der Waals surface area contributed by atoms with E-state index in [0.717, 1.165) is 18.6 Å². The number of halogens is 4. The maximum atomic E-state index is 13.7. The standard InChI is InChI=1S/C13H17F3N2O3S.ClH/c1-17-7-9-4-5-18(8-9)22(19,20)10-2-3-12(11(14)6-10)21-13(15)16;/h2-3,6,9,13,17H,4-5,7-8H2,1H3;1H. The van der Waals surface area contributed by atoms with Crippen LogP contribution in [0.5, 0.6) is 5.75 Å². The Balaban J connectivity index is 0.00000264. The molecule has 0 saturated carbocycles. The number of sulfonamides is 1. The number of ether oxygens (including phenoxy) is 1. The van der Waals surface area contributed by atoms with Crippen molar-refractivity contribution in [2.45, 2.75) is 17.9 Å². The monoisotopic (exact) mass is 374 g/mol. The Morgan fingerprint density at radius 3 is 2.70 bits per heavy atom. The molecule has 1 N–H and O–H groups in total. The first-order valence-corrected chi connectivity index (χ1v) is 8.17. The van der Waals surface area contributed by atoms with Gasteiger partial charge in [0.15, 0.2) is 11.6 Å². The number of rotatable bonds is 6. The number of benzene rings is 1. The van der Waals surface area contributed by atoms with E-state index in [0.29, 0.717) is 25.7 Å². The Labute approximate surface area is 139 Å². The molecule has 1 aromatic rings. The predicted octanol–water partition coefficient (Wildman–Crippen LogP) is 2.08. The van der Waals surface area contributed by atoms with Gasteiger partial charge in [-0.3, -0.25) is 0 Å². The fourth-order valence-electron chi connectivity index (χ4n) is 2.45. The van der Waals surface area contributed by atoms with E-state index in [4.69, 9.17) is 0 Å². The van der Waals surface area contributed by atoms with E-state index in [2.05, 4.69) is 10.1 Å². The average molecular weight is 375 g/mol. The number of hydrogen-bond donors (Lipinski definition) is 1. The molecule has 1 aromatic carbocycles. The Hall–Kier alpha value is -1.03. The molecule has 0 aromatic heterocycles. The lowest BCUT2D eigenvalue weighted by Gasteiger charge is -2.17. The minimum absolute atomic E-state index is 0. The van der Waals surface area contributed by atoms with Gasteiger partial charge in [0.25, 0.3) is 0 Å². The van der Waals surface area contributed by atoms with E-state index in [9.17, 15) is 21.6 Å². The molecular formula is C13H18ClF3N2O3S. The third-order valence-corrected chi connectivity index (χ3v) is 5.36. The van der Waals surface area contributed by atoms with Gasteiger partial charge in [-0.05, 0) is 44.1 Å². The number of alkyl halides is 2. The summed E-state index contributed by atoms with van der Waals surface area (Å²) >= 11 is 0. The highest BCUT2D eigenvalue weighted by molar-refractivity contribution is 7.89. The van der Waals surface area contributed by atoms with E-state index in [1.807, 2.05) is 0 Å². The van der Waals surface area contributed by atoms with Gasteiger partial charge in [-0.15, -0.1) is 12.4 Å². The molecule has 0 bridgehead atoms. The third-order valence-electron chi connectivity index (χ3n) is 3.50. The lowest BCUT2D eigenvalue weighted by atomic mass is 10.1. The quantitative estimate of drug-likeness (QED) is 0.828. The van der Waals surface area contributed by atoms with Crippen molar-refractivity contribution in [1.29, 1.82) is 0 Å². The summed E-state index contributed by atoms with van der Waals surface area (Å²) < 4.78 is 67.9. The second-order valence-electron chi connectivity index (χ2n) is 5.05. The zero-order chi connectivity index (χ0) is 16.3. The van der Waals surface area contributed by atoms with E-state index in [1.165, 1.54) is 4.31 Å². The van der Waals surface area contributed by atoms with Gasteiger partial charge < -0.3 is 10.1 Å². The van der Waals surface area contributed by atoms with Gasteiger partial charge in [-0.1, -0.05) is 0 Å². The Morgan fingerprint density at radius 1 is 1.43 bits per heavy atom. The van der Waals surface area contributed by atoms with Crippen LogP contribution >= 0.6 is 12.4 Å². The van der Waals surface area contributed by atoms with Crippen molar-refractivity contribution in [2.24, 2.45) is 5.92 Å². The first-order valence-electron chi connectivity index (χ1n) is 6.73. The van der Waals surface area contributed by atoms with E-state index < -0.39 is 28.2 Å². The molecule has 1 unspecified atom stereocenters. The van der Waals surface area contributed by atoms with E-state index in [1.54, 1.807) is 7.05 Å². The van der Waals surface area contributed by atoms with E-state index >= 15 is 0 Å². The molecule has 0 amide bonds. The Bertz CT molecular complexity index is 631. The smallest absolute Gasteiger partial charge is 0.387 e. The van der Waals surface area contributed by atoms with Crippen LogP contribution in [0.4, 0.5) is 13.2 Å². The summed E-state index contributed by atoms with van der Waals surface area (Å²) in [5.74, 6) is -1.61. The second-order valence-corrected chi connectivity index (χ2v) is 6.98. The largest absolute Gasteiger partial charge is 0.432 e. The van der Waals surface area contributed by atoms with Crippen LogP contribution in [-0.2, 0) is 10.0 Å². The van der Waals surface area contributed by atoms with Gasteiger partial charge in [-0.2, -0.15) is 13.1 Å².